The van der Waals surface area contributed by atoms with E-state index in [1.54, 1.807) is 0 Å². The van der Waals surface area contributed by atoms with Crippen LogP contribution in [0, 0.1) is 5.82 Å². The van der Waals surface area contributed by atoms with Gasteiger partial charge in [0.15, 0.2) is 15.6 Å². The lowest BCUT2D eigenvalue weighted by molar-refractivity contribution is 0.102. The molecule has 0 radical (unpaired) electrons. The van der Waals surface area contributed by atoms with Crippen molar-refractivity contribution in [2.45, 2.75) is 0 Å². The lowest BCUT2D eigenvalue weighted by atomic mass is 10.1. The van der Waals surface area contributed by atoms with Gasteiger partial charge >= 0.3 is 0 Å². The minimum absolute atomic E-state index is 0.0735. The Morgan fingerprint density at radius 1 is 1.05 bits per heavy atom. The van der Waals surface area contributed by atoms with E-state index in [4.69, 9.17) is 0 Å². The molecule has 0 fully saturated rings. The van der Waals surface area contributed by atoms with Crippen LogP contribution in [0.25, 0.3) is 0 Å². The van der Waals surface area contributed by atoms with Crippen molar-refractivity contribution in [3.8, 4) is 0 Å². The average Bonchev–Trinajstić information content (AvgIpc) is 2.26. The van der Waals surface area contributed by atoms with Crippen LogP contribution in [0.5, 0.6) is 0 Å². The third-order valence-corrected chi connectivity index (χ3v) is 5.01. The Balaban J connectivity index is 2.73. The first-order valence-electron chi connectivity index (χ1n) is 5.26. The number of carbonyl (C=O) groups excluding carboxylic acids is 1. The van der Waals surface area contributed by atoms with Crippen molar-refractivity contribution in [2.75, 3.05) is 23.5 Å². The molecule has 1 rings (SSSR count). The topological polar surface area (TPSA) is 85.3 Å². The molecule has 0 amide bonds. The van der Waals surface area contributed by atoms with Gasteiger partial charge in [0.2, 0.25) is 0 Å². The van der Waals surface area contributed by atoms with E-state index in [0.717, 1.165) is 18.4 Å². The Labute approximate surface area is 111 Å². The molecule has 0 saturated heterocycles. The molecule has 0 unspecified atom stereocenters. The largest absolute Gasteiger partial charge is 0.293 e. The fraction of sp³-hybridized carbons (Fsp3) is 0.364. The summed E-state index contributed by atoms with van der Waals surface area (Å²) in [6, 6.07) is 4.47. The Morgan fingerprint density at radius 2 is 1.58 bits per heavy atom. The average molecular weight is 308 g/mol. The second-order valence-corrected chi connectivity index (χ2v) is 8.60. The summed E-state index contributed by atoms with van der Waals surface area (Å²) in [5.74, 6) is -3.12. The van der Waals surface area contributed by atoms with E-state index in [2.05, 4.69) is 0 Å². The summed E-state index contributed by atoms with van der Waals surface area (Å²) >= 11 is 0. The zero-order valence-corrected chi connectivity index (χ0v) is 11.8. The zero-order valence-electron chi connectivity index (χ0n) is 10.2. The van der Waals surface area contributed by atoms with E-state index < -0.39 is 48.5 Å². The Kier molecular flexibility index (Phi) is 4.81. The summed E-state index contributed by atoms with van der Waals surface area (Å²) in [7, 11) is -7.20. The summed E-state index contributed by atoms with van der Waals surface area (Å²) in [4.78, 5) is 11.6. The quantitative estimate of drug-likeness (QED) is 0.713. The van der Waals surface area contributed by atoms with Gasteiger partial charge in [-0.05, 0) is 24.3 Å². The first-order valence-corrected chi connectivity index (χ1v) is 9.14. The summed E-state index contributed by atoms with van der Waals surface area (Å²) < 4.78 is 57.5. The van der Waals surface area contributed by atoms with Crippen molar-refractivity contribution in [3.05, 3.63) is 35.6 Å². The third-order valence-electron chi connectivity index (χ3n) is 2.28. The molecule has 0 aliphatic rings. The first-order chi connectivity index (χ1) is 8.59. The summed E-state index contributed by atoms with van der Waals surface area (Å²) in [6.45, 7) is 0. The molecule has 8 heteroatoms. The van der Waals surface area contributed by atoms with Crippen LogP contribution in [0.15, 0.2) is 24.3 Å². The summed E-state index contributed by atoms with van der Waals surface area (Å²) in [5, 5.41) is 0. The number of hydrogen-bond donors (Lipinski definition) is 0. The lowest BCUT2D eigenvalue weighted by Gasteiger charge is -2.03. The fourth-order valence-electron chi connectivity index (χ4n) is 1.27. The van der Waals surface area contributed by atoms with Gasteiger partial charge < -0.3 is 0 Å². The number of benzene rings is 1. The molecule has 0 aliphatic carbocycles. The van der Waals surface area contributed by atoms with Crippen LogP contribution in [0.3, 0.4) is 0 Å². The molecule has 0 heterocycles. The lowest BCUT2D eigenvalue weighted by Crippen LogP contribution is -2.23. The van der Waals surface area contributed by atoms with Gasteiger partial charge in [-0.15, -0.1) is 0 Å². The number of hydrogen-bond acceptors (Lipinski definition) is 5. The monoisotopic (exact) mass is 308 g/mol. The van der Waals surface area contributed by atoms with Crippen molar-refractivity contribution < 1.29 is 26.0 Å². The van der Waals surface area contributed by atoms with E-state index in [0.29, 0.717) is 0 Å². The van der Waals surface area contributed by atoms with Crippen molar-refractivity contribution in [1.29, 1.82) is 0 Å². The van der Waals surface area contributed by atoms with Crippen LogP contribution in [-0.4, -0.2) is 46.1 Å². The van der Waals surface area contributed by atoms with Gasteiger partial charge in [-0.1, -0.05) is 0 Å². The second-order valence-electron chi connectivity index (χ2n) is 4.15. The van der Waals surface area contributed by atoms with E-state index in [9.17, 15) is 26.0 Å². The van der Waals surface area contributed by atoms with Crippen LogP contribution in [0.1, 0.15) is 10.4 Å². The van der Waals surface area contributed by atoms with Gasteiger partial charge in [-0.3, -0.25) is 4.79 Å². The highest BCUT2D eigenvalue weighted by atomic mass is 32.2. The highest BCUT2D eigenvalue weighted by Crippen LogP contribution is 2.06. The smallest absolute Gasteiger partial charge is 0.177 e. The van der Waals surface area contributed by atoms with Gasteiger partial charge in [0.25, 0.3) is 0 Å². The molecule has 5 nitrogen and oxygen atoms in total. The third kappa shape index (κ3) is 5.93. The molecule has 0 saturated carbocycles. The molecule has 0 aliphatic heterocycles. The van der Waals surface area contributed by atoms with Gasteiger partial charge in [0.1, 0.15) is 21.4 Å². The molecule has 0 N–H and O–H groups in total. The highest BCUT2D eigenvalue weighted by molar-refractivity contribution is 7.95. The van der Waals surface area contributed by atoms with Gasteiger partial charge in [0, 0.05) is 11.8 Å². The Bertz CT molecular complexity index is 660. The summed E-state index contributed by atoms with van der Waals surface area (Å²) in [5.41, 5.74) is 0.0735. The molecule has 0 atom stereocenters. The molecule has 0 spiro atoms. The normalized spacial score (nSPS) is 12.3. The molecule has 1 aromatic rings. The number of rotatable bonds is 6. The molecular weight excluding hydrogens is 295 g/mol. The maximum Gasteiger partial charge on any atom is 0.177 e. The van der Waals surface area contributed by atoms with Crippen LogP contribution in [-0.2, 0) is 19.7 Å². The predicted octanol–water partition coefficient (Wildman–Crippen LogP) is 0.468. The number of halogens is 1. The van der Waals surface area contributed by atoms with E-state index in [-0.39, 0.29) is 5.56 Å². The maximum atomic E-state index is 12.6. The zero-order chi connectivity index (χ0) is 14.7. The van der Waals surface area contributed by atoms with Crippen molar-refractivity contribution in [1.82, 2.24) is 0 Å². The van der Waals surface area contributed by atoms with Crippen LogP contribution in [0.4, 0.5) is 4.39 Å². The molecule has 0 bridgehead atoms. The highest BCUT2D eigenvalue weighted by Gasteiger charge is 2.20. The number of ketones is 1. The number of sulfone groups is 2. The van der Waals surface area contributed by atoms with E-state index in [1.165, 1.54) is 12.1 Å². The number of Topliss-reactive ketones (excluding diaryl/α,β-unsaturated/α-hetero) is 1. The Morgan fingerprint density at radius 3 is 2.05 bits per heavy atom. The predicted molar refractivity (Wildman–Crippen MR) is 69.1 cm³/mol. The van der Waals surface area contributed by atoms with Gasteiger partial charge in [-0.25, -0.2) is 21.2 Å². The van der Waals surface area contributed by atoms with E-state index in [1.807, 2.05) is 0 Å². The van der Waals surface area contributed by atoms with Gasteiger partial charge in [-0.2, -0.15) is 0 Å². The van der Waals surface area contributed by atoms with E-state index >= 15 is 0 Å². The molecular formula is C11H13FO5S2. The number of carbonyl (C=O) groups is 1. The first kappa shape index (κ1) is 15.8. The Hall–Kier alpha value is -1.28. The molecule has 1 aromatic carbocycles. The maximum absolute atomic E-state index is 12.6. The van der Waals surface area contributed by atoms with Crippen LogP contribution < -0.4 is 0 Å². The standard InChI is InChI=1S/C11H13FO5S2/c1-18(14,15)6-7-19(16,17)8-11(13)9-2-4-10(12)5-3-9/h2-5H,6-8H2,1H3. The van der Waals surface area contributed by atoms with Crippen molar-refractivity contribution >= 4 is 25.5 Å². The SMILES string of the molecule is CS(=O)(=O)CCS(=O)(=O)CC(=O)c1ccc(F)cc1. The minimum atomic E-state index is -3.79. The van der Waals surface area contributed by atoms with Crippen LogP contribution in [0.2, 0.25) is 0 Å². The van der Waals surface area contributed by atoms with Crippen molar-refractivity contribution in [2.24, 2.45) is 0 Å². The minimum Gasteiger partial charge on any atom is -0.293 e. The molecule has 19 heavy (non-hydrogen) atoms. The summed E-state index contributed by atoms with van der Waals surface area (Å²) in [6.07, 6.45) is 0.921. The molecule has 0 aromatic heterocycles. The van der Waals surface area contributed by atoms with Crippen LogP contribution >= 0.6 is 0 Å². The fourth-order valence-corrected chi connectivity index (χ4v) is 4.21. The molecule has 106 valence electrons. The van der Waals surface area contributed by atoms with Crippen molar-refractivity contribution in [3.63, 3.8) is 0 Å². The van der Waals surface area contributed by atoms with Gasteiger partial charge in [0.05, 0.1) is 11.5 Å². The second kappa shape index (κ2) is 5.79.